The van der Waals surface area contributed by atoms with Crippen molar-refractivity contribution in [1.29, 1.82) is 0 Å². The lowest BCUT2D eigenvalue weighted by Gasteiger charge is -2.35. The number of nitrogens with one attached hydrogen (secondary N) is 1. The second-order valence-electron chi connectivity index (χ2n) is 7.02. The minimum atomic E-state index is -1.39. The van der Waals surface area contributed by atoms with E-state index < -0.39 is 35.2 Å². The molecule has 2 aliphatic rings. The number of fused-ring (bicyclic) bond motifs is 1. The summed E-state index contributed by atoms with van der Waals surface area (Å²) in [6, 6.07) is 6.04. The SMILES string of the molecule is COCCOC(=O)C1=C(C)N(c2ccc3c(c2)OCO3)C(=O)N[C@H]1c1c(F)cccc1F. The highest BCUT2D eigenvalue weighted by molar-refractivity contribution is 6.03. The Morgan fingerprint density at radius 3 is 2.59 bits per heavy atom. The van der Waals surface area contributed by atoms with E-state index in [0.717, 1.165) is 12.1 Å². The van der Waals surface area contributed by atoms with Crippen LogP contribution in [0.3, 0.4) is 0 Å². The molecular weight excluding hydrogens is 426 g/mol. The van der Waals surface area contributed by atoms with Gasteiger partial charge < -0.3 is 24.3 Å². The van der Waals surface area contributed by atoms with Crippen molar-refractivity contribution in [3.05, 3.63) is 64.9 Å². The molecule has 8 nitrogen and oxygen atoms in total. The Hall–Kier alpha value is -3.66. The lowest BCUT2D eigenvalue weighted by molar-refractivity contribution is -0.140. The van der Waals surface area contributed by atoms with Crippen LogP contribution in [-0.4, -0.2) is 39.1 Å². The fourth-order valence-electron chi connectivity index (χ4n) is 3.64. The zero-order valence-corrected chi connectivity index (χ0v) is 17.3. The van der Waals surface area contributed by atoms with E-state index >= 15 is 0 Å². The third kappa shape index (κ3) is 3.84. The van der Waals surface area contributed by atoms with E-state index in [1.54, 1.807) is 18.2 Å². The zero-order valence-electron chi connectivity index (χ0n) is 17.3. The first kappa shape index (κ1) is 21.6. The number of hydrogen-bond acceptors (Lipinski definition) is 6. The van der Waals surface area contributed by atoms with Gasteiger partial charge in [0.15, 0.2) is 11.5 Å². The summed E-state index contributed by atoms with van der Waals surface area (Å²) >= 11 is 0. The maximum absolute atomic E-state index is 14.6. The number of urea groups is 1. The number of hydrogen-bond donors (Lipinski definition) is 1. The molecule has 2 aromatic rings. The fourth-order valence-corrected chi connectivity index (χ4v) is 3.64. The van der Waals surface area contributed by atoms with Gasteiger partial charge in [-0.1, -0.05) is 6.07 Å². The molecule has 0 unspecified atom stereocenters. The molecule has 2 amide bonds. The number of nitrogens with zero attached hydrogens (tertiary/aromatic N) is 1. The smallest absolute Gasteiger partial charge is 0.338 e. The van der Waals surface area contributed by atoms with Crippen molar-refractivity contribution in [3.63, 3.8) is 0 Å². The van der Waals surface area contributed by atoms with Crippen LogP contribution in [0.1, 0.15) is 18.5 Å². The first-order valence-electron chi connectivity index (χ1n) is 9.73. The number of carbonyl (C=O) groups excluding carboxylic acids is 2. The lowest BCUT2D eigenvalue weighted by Crippen LogP contribution is -2.48. The minimum Gasteiger partial charge on any atom is -0.460 e. The summed E-state index contributed by atoms with van der Waals surface area (Å²) in [5, 5.41) is 2.53. The monoisotopic (exact) mass is 446 g/mol. The standard InChI is InChI=1S/C22H20F2N2O6/c1-12-18(21(27)30-9-8-29-2)20(19-14(23)4-3-5-15(19)24)25-22(28)26(12)13-6-7-16-17(10-13)32-11-31-16/h3-7,10,20H,8-9,11H2,1-2H3,(H,25,28)/t20-/m1/s1. The highest BCUT2D eigenvalue weighted by Crippen LogP contribution is 2.40. The van der Waals surface area contributed by atoms with Crippen LogP contribution in [0.2, 0.25) is 0 Å². The molecule has 0 saturated carbocycles. The van der Waals surface area contributed by atoms with Crippen LogP contribution in [0.15, 0.2) is 47.7 Å². The Kier molecular flexibility index (Phi) is 5.95. The quantitative estimate of drug-likeness (QED) is 0.541. The number of amides is 2. The normalized spacial score (nSPS) is 17.4. The van der Waals surface area contributed by atoms with Gasteiger partial charge in [-0.15, -0.1) is 0 Å². The number of rotatable bonds is 6. The summed E-state index contributed by atoms with van der Waals surface area (Å²) in [5.74, 6) is -1.70. The summed E-state index contributed by atoms with van der Waals surface area (Å²) in [4.78, 5) is 27.2. The fraction of sp³-hybridized carbons (Fsp3) is 0.273. The molecule has 2 heterocycles. The number of carbonyl (C=O) groups is 2. The topological polar surface area (TPSA) is 86.3 Å². The second-order valence-corrected chi connectivity index (χ2v) is 7.02. The summed E-state index contributed by atoms with van der Waals surface area (Å²) in [5.41, 5.74) is -0.0341. The van der Waals surface area contributed by atoms with Crippen molar-refractivity contribution in [2.75, 3.05) is 32.0 Å². The van der Waals surface area contributed by atoms with Crippen LogP contribution in [0, 0.1) is 11.6 Å². The minimum absolute atomic E-state index is 0.0471. The molecule has 0 saturated heterocycles. The van der Waals surface area contributed by atoms with E-state index in [0.29, 0.717) is 17.2 Å². The van der Waals surface area contributed by atoms with Crippen molar-refractivity contribution >= 4 is 17.7 Å². The van der Waals surface area contributed by atoms with Gasteiger partial charge >= 0.3 is 12.0 Å². The van der Waals surface area contributed by atoms with Crippen LogP contribution in [0.4, 0.5) is 19.3 Å². The second kappa shape index (κ2) is 8.83. The van der Waals surface area contributed by atoms with Crippen molar-refractivity contribution < 1.29 is 37.3 Å². The molecule has 10 heteroatoms. The van der Waals surface area contributed by atoms with Crippen molar-refractivity contribution in [3.8, 4) is 11.5 Å². The van der Waals surface area contributed by atoms with Crippen LogP contribution < -0.4 is 19.7 Å². The molecule has 0 bridgehead atoms. The van der Waals surface area contributed by atoms with E-state index in [2.05, 4.69) is 5.32 Å². The first-order valence-corrected chi connectivity index (χ1v) is 9.73. The average molecular weight is 446 g/mol. The number of esters is 1. The predicted octanol–water partition coefficient (Wildman–Crippen LogP) is 3.43. The first-order chi connectivity index (χ1) is 15.4. The summed E-state index contributed by atoms with van der Waals surface area (Å²) in [7, 11) is 1.44. The Labute approximate surface area is 182 Å². The number of benzene rings is 2. The average Bonchev–Trinajstić information content (AvgIpc) is 3.21. The molecule has 0 radical (unpaired) electrons. The molecule has 1 N–H and O–H groups in total. The molecule has 2 aliphatic heterocycles. The third-order valence-corrected chi connectivity index (χ3v) is 5.13. The maximum Gasteiger partial charge on any atom is 0.338 e. The Morgan fingerprint density at radius 2 is 1.88 bits per heavy atom. The molecule has 4 rings (SSSR count). The van der Waals surface area contributed by atoms with Gasteiger partial charge in [0.2, 0.25) is 6.79 Å². The van der Waals surface area contributed by atoms with Crippen molar-refractivity contribution in [2.24, 2.45) is 0 Å². The molecule has 32 heavy (non-hydrogen) atoms. The molecule has 1 atom stereocenters. The number of allylic oxidation sites excluding steroid dienone is 1. The zero-order chi connectivity index (χ0) is 22.8. The Morgan fingerprint density at radius 1 is 1.16 bits per heavy atom. The van der Waals surface area contributed by atoms with Crippen LogP contribution in [0.25, 0.3) is 0 Å². The van der Waals surface area contributed by atoms with Gasteiger partial charge in [-0.25, -0.2) is 18.4 Å². The molecule has 168 valence electrons. The molecular formula is C22H20F2N2O6. The third-order valence-electron chi connectivity index (χ3n) is 5.13. The molecule has 0 fully saturated rings. The van der Waals surface area contributed by atoms with E-state index in [9.17, 15) is 18.4 Å². The van der Waals surface area contributed by atoms with Gasteiger partial charge in [0.1, 0.15) is 18.2 Å². The van der Waals surface area contributed by atoms with Gasteiger partial charge in [0, 0.05) is 18.9 Å². The van der Waals surface area contributed by atoms with E-state index in [4.69, 9.17) is 18.9 Å². The Bertz CT molecular complexity index is 1080. The Balaban J connectivity index is 1.81. The number of halogens is 2. The van der Waals surface area contributed by atoms with Crippen LogP contribution >= 0.6 is 0 Å². The van der Waals surface area contributed by atoms with Gasteiger partial charge in [0.25, 0.3) is 0 Å². The van der Waals surface area contributed by atoms with Gasteiger partial charge in [-0.2, -0.15) is 0 Å². The summed E-state index contributed by atoms with van der Waals surface area (Å²) < 4.78 is 49.9. The molecule has 0 aliphatic carbocycles. The lowest BCUT2D eigenvalue weighted by atomic mass is 9.93. The molecule has 0 spiro atoms. The van der Waals surface area contributed by atoms with Crippen LogP contribution in [-0.2, 0) is 14.3 Å². The van der Waals surface area contributed by atoms with Gasteiger partial charge in [-0.3, -0.25) is 4.90 Å². The predicted molar refractivity (Wildman–Crippen MR) is 108 cm³/mol. The van der Waals surface area contributed by atoms with Gasteiger partial charge in [-0.05, 0) is 31.2 Å². The maximum atomic E-state index is 14.6. The van der Waals surface area contributed by atoms with Crippen molar-refractivity contribution in [1.82, 2.24) is 5.32 Å². The largest absolute Gasteiger partial charge is 0.460 e. The number of anilines is 1. The van der Waals surface area contributed by atoms with E-state index in [1.165, 1.54) is 25.0 Å². The highest BCUT2D eigenvalue weighted by atomic mass is 19.1. The number of methoxy groups -OCH3 is 1. The highest BCUT2D eigenvalue weighted by Gasteiger charge is 2.40. The molecule has 2 aromatic carbocycles. The molecule has 0 aromatic heterocycles. The van der Waals surface area contributed by atoms with E-state index in [-0.39, 0.29) is 31.3 Å². The summed E-state index contributed by atoms with van der Waals surface area (Å²) in [6.07, 6.45) is 0. The summed E-state index contributed by atoms with van der Waals surface area (Å²) in [6.45, 7) is 1.61. The number of ether oxygens (including phenoxy) is 4. The van der Waals surface area contributed by atoms with Crippen LogP contribution in [0.5, 0.6) is 11.5 Å². The van der Waals surface area contributed by atoms with Gasteiger partial charge in [0.05, 0.1) is 29.5 Å². The van der Waals surface area contributed by atoms with Crippen molar-refractivity contribution in [2.45, 2.75) is 13.0 Å². The van der Waals surface area contributed by atoms with E-state index in [1.807, 2.05) is 0 Å².